The number of Topliss-reactive ketones (excluding diaryl/α,β-unsaturated/α-hetero) is 1. The molecule has 0 spiro atoms. The second-order valence-electron chi connectivity index (χ2n) is 10.2. The first-order chi connectivity index (χ1) is 18.4. The topological polar surface area (TPSA) is 97.3 Å². The molecule has 2 aromatic rings. The van der Waals surface area contributed by atoms with Crippen LogP contribution in [0.5, 0.6) is 17.2 Å². The molecule has 0 radical (unpaired) electrons. The van der Waals surface area contributed by atoms with Crippen LogP contribution in [-0.4, -0.2) is 67.2 Å². The zero-order chi connectivity index (χ0) is 26.9. The molecule has 4 rings (SSSR count). The summed E-state index contributed by atoms with van der Waals surface area (Å²) in [4.78, 5) is 27.6. The van der Waals surface area contributed by atoms with Gasteiger partial charge in [0, 0.05) is 31.0 Å². The lowest BCUT2D eigenvalue weighted by Crippen LogP contribution is -2.48. The number of amides is 1. The molecule has 1 fully saturated rings. The van der Waals surface area contributed by atoms with Crippen LogP contribution in [0.1, 0.15) is 73.9 Å². The Bertz CT molecular complexity index is 1070. The van der Waals surface area contributed by atoms with Gasteiger partial charge in [-0.1, -0.05) is 12.5 Å². The van der Waals surface area contributed by atoms with Gasteiger partial charge in [-0.25, -0.2) is 0 Å². The number of ether oxygens (including phenoxy) is 3. The number of aliphatic hydroxyl groups excluding tert-OH is 1. The van der Waals surface area contributed by atoms with Crippen LogP contribution in [0, 0.1) is 0 Å². The summed E-state index contributed by atoms with van der Waals surface area (Å²) in [7, 11) is 1.60. The molecule has 0 unspecified atom stereocenters. The van der Waals surface area contributed by atoms with Crippen molar-refractivity contribution in [2.45, 2.75) is 70.1 Å². The van der Waals surface area contributed by atoms with Crippen LogP contribution in [-0.2, 0) is 4.79 Å². The van der Waals surface area contributed by atoms with Gasteiger partial charge in [0.15, 0.2) is 17.3 Å². The van der Waals surface area contributed by atoms with Crippen molar-refractivity contribution in [3.8, 4) is 17.2 Å². The number of carbonyl (C=O) groups excluding carboxylic acids is 2. The van der Waals surface area contributed by atoms with Crippen molar-refractivity contribution in [2.75, 3.05) is 33.4 Å². The van der Waals surface area contributed by atoms with Gasteiger partial charge in [0.25, 0.3) is 0 Å². The summed E-state index contributed by atoms with van der Waals surface area (Å²) in [5.41, 5.74) is 1.37. The van der Waals surface area contributed by atoms with E-state index in [0.717, 1.165) is 38.0 Å². The standard InChI is InChI=1S/C30H40N2O6/c1-21-7-6-16-32(21)20-25(30(35)23-12-15-27-28(19-23)38-18-17-37-27)31-29(34)9-5-3-4-8-26(33)22-10-13-24(36-2)14-11-22/h10-15,19,21,25,30,35H,3-9,16-18,20H2,1-2H3,(H,31,34)/t21-,25+,30-/m0/s1. The fraction of sp³-hybridized carbons (Fsp3) is 0.533. The minimum Gasteiger partial charge on any atom is -0.497 e. The normalized spacial score (nSPS) is 18.6. The van der Waals surface area contributed by atoms with Crippen LogP contribution >= 0.6 is 0 Å². The van der Waals surface area contributed by atoms with E-state index in [0.29, 0.717) is 67.7 Å². The molecule has 1 amide bonds. The Morgan fingerprint density at radius 2 is 1.79 bits per heavy atom. The number of unbranched alkanes of at least 4 members (excludes halogenated alkanes) is 2. The first kappa shape index (κ1) is 27.9. The first-order valence-corrected chi connectivity index (χ1v) is 13.7. The SMILES string of the molecule is COc1ccc(C(=O)CCCCCC(=O)N[C@H](CN2CCC[C@@H]2C)[C@@H](O)c2ccc3c(c2)OCCO3)cc1. The van der Waals surface area contributed by atoms with Gasteiger partial charge in [-0.05, 0) is 81.1 Å². The van der Waals surface area contributed by atoms with Gasteiger partial charge in [0.2, 0.25) is 5.91 Å². The number of nitrogens with zero attached hydrogens (tertiary/aromatic N) is 1. The third-order valence-electron chi connectivity index (χ3n) is 7.48. The highest BCUT2D eigenvalue weighted by Gasteiger charge is 2.30. The van der Waals surface area contributed by atoms with Crippen LogP contribution in [0.4, 0.5) is 0 Å². The van der Waals surface area contributed by atoms with E-state index in [1.165, 1.54) is 0 Å². The summed E-state index contributed by atoms with van der Waals surface area (Å²) < 4.78 is 16.4. The Morgan fingerprint density at radius 1 is 1.05 bits per heavy atom. The summed E-state index contributed by atoms with van der Waals surface area (Å²) >= 11 is 0. The number of likely N-dealkylation sites (tertiary alicyclic amines) is 1. The molecule has 0 aromatic heterocycles. The van der Waals surface area contributed by atoms with E-state index >= 15 is 0 Å². The summed E-state index contributed by atoms with van der Waals surface area (Å²) in [6, 6.07) is 12.6. The summed E-state index contributed by atoms with van der Waals surface area (Å²) in [5.74, 6) is 2.03. The molecule has 0 bridgehead atoms. The molecule has 8 nitrogen and oxygen atoms in total. The number of fused-ring (bicyclic) bond motifs is 1. The second kappa shape index (κ2) is 13.6. The third kappa shape index (κ3) is 7.48. The van der Waals surface area contributed by atoms with Gasteiger partial charge < -0.3 is 24.6 Å². The number of benzene rings is 2. The minimum absolute atomic E-state index is 0.0834. The molecular weight excluding hydrogens is 484 g/mol. The summed E-state index contributed by atoms with van der Waals surface area (Å²) in [6.07, 6.45) is 4.38. The van der Waals surface area contributed by atoms with Gasteiger partial charge in [-0.2, -0.15) is 0 Å². The average Bonchev–Trinajstić information content (AvgIpc) is 3.35. The Morgan fingerprint density at radius 3 is 2.50 bits per heavy atom. The second-order valence-corrected chi connectivity index (χ2v) is 10.2. The lowest BCUT2D eigenvalue weighted by Gasteiger charge is -2.31. The molecule has 2 aromatic carbocycles. The van der Waals surface area contributed by atoms with Crippen molar-refractivity contribution in [3.05, 3.63) is 53.6 Å². The third-order valence-corrected chi connectivity index (χ3v) is 7.48. The number of ketones is 1. The number of nitrogens with one attached hydrogen (secondary N) is 1. The van der Waals surface area contributed by atoms with Gasteiger partial charge in [-0.3, -0.25) is 14.5 Å². The van der Waals surface area contributed by atoms with Crippen molar-refractivity contribution >= 4 is 11.7 Å². The summed E-state index contributed by atoms with van der Waals surface area (Å²) in [6.45, 7) is 4.72. The van der Waals surface area contributed by atoms with Crippen molar-refractivity contribution in [1.29, 1.82) is 0 Å². The molecular formula is C30H40N2O6. The van der Waals surface area contributed by atoms with Crippen molar-refractivity contribution < 1.29 is 28.9 Å². The van der Waals surface area contributed by atoms with E-state index in [-0.39, 0.29) is 11.7 Å². The molecule has 1 saturated heterocycles. The largest absolute Gasteiger partial charge is 0.497 e. The number of hydrogen-bond acceptors (Lipinski definition) is 7. The Balaban J connectivity index is 1.28. The number of carbonyl (C=O) groups is 2. The van der Waals surface area contributed by atoms with Crippen LogP contribution in [0.15, 0.2) is 42.5 Å². The average molecular weight is 525 g/mol. The number of rotatable bonds is 13. The van der Waals surface area contributed by atoms with E-state index in [4.69, 9.17) is 14.2 Å². The molecule has 2 heterocycles. The van der Waals surface area contributed by atoms with Gasteiger partial charge >= 0.3 is 0 Å². The monoisotopic (exact) mass is 524 g/mol. The van der Waals surface area contributed by atoms with Crippen molar-refractivity contribution in [1.82, 2.24) is 10.2 Å². The van der Waals surface area contributed by atoms with Crippen LogP contribution in [0.2, 0.25) is 0 Å². The van der Waals surface area contributed by atoms with Crippen LogP contribution in [0.25, 0.3) is 0 Å². The van der Waals surface area contributed by atoms with Gasteiger partial charge in [0.1, 0.15) is 25.1 Å². The Labute approximate surface area is 225 Å². The Kier molecular flexibility index (Phi) is 10.0. The molecule has 206 valence electrons. The molecule has 8 heteroatoms. The predicted octanol–water partition coefficient (Wildman–Crippen LogP) is 4.30. The highest BCUT2D eigenvalue weighted by atomic mass is 16.6. The minimum atomic E-state index is -0.871. The number of hydrogen-bond donors (Lipinski definition) is 2. The highest BCUT2D eigenvalue weighted by molar-refractivity contribution is 5.96. The molecule has 0 saturated carbocycles. The lowest BCUT2D eigenvalue weighted by atomic mass is 10.00. The van der Waals surface area contributed by atoms with E-state index in [1.54, 1.807) is 31.4 Å². The molecule has 38 heavy (non-hydrogen) atoms. The smallest absolute Gasteiger partial charge is 0.220 e. The predicted molar refractivity (Wildman–Crippen MR) is 145 cm³/mol. The first-order valence-electron chi connectivity index (χ1n) is 13.7. The maximum Gasteiger partial charge on any atom is 0.220 e. The maximum atomic E-state index is 12.9. The van der Waals surface area contributed by atoms with Crippen LogP contribution < -0.4 is 19.5 Å². The zero-order valence-corrected chi connectivity index (χ0v) is 22.5. The van der Waals surface area contributed by atoms with Gasteiger partial charge in [0.05, 0.1) is 13.2 Å². The number of methoxy groups -OCH3 is 1. The van der Waals surface area contributed by atoms with Crippen molar-refractivity contribution in [2.24, 2.45) is 0 Å². The molecule has 2 aliphatic rings. The molecule has 2 aliphatic heterocycles. The fourth-order valence-electron chi connectivity index (χ4n) is 5.17. The molecule has 3 atom stereocenters. The zero-order valence-electron chi connectivity index (χ0n) is 22.5. The maximum absolute atomic E-state index is 12.9. The number of aliphatic hydroxyl groups is 1. The van der Waals surface area contributed by atoms with E-state index in [9.17, 15) is 14.7 Å². The van der Waals surface area contributed by atoms with Crippen LogP contribution in [0.3, 0.4) is 0 Å². The highest BCUT2D eigenvalue weighted by Crippen LogP contribution is 2.34. The summed E-state index contributed by atoms with van der Waals surface area (Å²) in [5, 5.41) is 14.4. The van der Waals surface area contributed by atoms with E-state index in [1.807, 2.05) is 18.2 Å². The van der Waals surface area contributed by atoms with Gasteiger partial charge in [-0.15, -0.1) is 0 Å². The molecule has 2 N–H and O–H groups in total. The lowest BCUT2D eigenvalue weighted by molar-refractivity contribution is -0.123. The quantitative estimate of drug-likeness (QED) is 0.298. The fourth-order valence-corrected chi connectivity index (χ4v) is 5.17. The Hall–Kier alpha value is -3.10. The van der Waals surface area contributed by atoms with E-state index in [2.05, 4.69) is 17.1 Å². The van der Waals surface area contributed by atoms with E-state index < -0.39 is 12.1 Å². The molecule has 0 aliphatic carbocycles. The van der Waals surface area contributed by atoms with Crippen molar-refractivity contribution in [3.63, 3.8) is 0 Å².